The Morgan fingerprint density at radius 2 is 2.19 bits per heavy atom. The number of carbonyl (C=O) groups is 1. The lowest BCUT2D eigenvalue weighted by Gasteiger charge is -2.44. The quantitative estimate of drug-likeness (QED) is 0.916. The van der Waals surface area contributed by atoms with Gasteiger partial charge in [-0.25, -0.2) is 4.98 Å². The van der Waals surface area contributed by atoms with Gasteiger partial charge in [-0.3, -0.25) is 4.79 Å². The third-order valence-electron chi connectivity index (χ3n) is 4.73. The Balaban J connectivity index is 1.53. The van der Waals surface area contributed by atoms with Gasteiger partial charge in [0.1, 0.15) is 5.52 Å². The fourth-order valence-corrected chi connectivity index (χ4v) is 3.56. The van der Waals surface area contributed by atoms with Crippen molar-refractivity contribution in [2.24, 2.45) is 5.92 Å². The summed E-state index contributed by atoms with van der Waals surface area (Å²) in [5.41, 5.74) is 2.12. The molecule has 0 spiro atoms. The van der Waals surface area contributed by atoms with Crippen molar-refractivity contribution in [3.8, 4) is 0 Å². The van der Waals surface area contributed by atoms with Crippen LogP contribution in [0.3, 0.4) is 0 Å². The zero-order valence-corrected chi connectivity index (χ0v) is 12.1. The molecule has 2 bridgehead atoms. The second-order valence-electron chi connectivity index (χ2n) is 6.13. The number of hydrogen-bond acceptors (Lipinski definition) is 4. The summed E-state index contributed by atoms with van der Waals surface area (Å²) in [4.78, 5) is 19.1. The first kappa shape index (κ1) is 12.8. The van der Waals surface area contributed by atoms with E-state index in [9.17, 15) is 4.79 Å². The van der Waals surface area contributed by atoms with Gasteiger partial charge >= 0.3 is 0 Å². The van der Waals surface area contributed by atoms with Crippen LogP contribution in [0.5, 0.6) is 0 Å². The minimum absolute atomic E-state index is 0.00953. The van der Waals surface area contributed by atoms with Gasteiger partial charge in [-0.05, 0) is 50.0 Å². The van der Waals surface area contributed by atoms with Crippen LogP contribution in [0.2, 0.25) is 0 Å². The Labute approximate surface area is 123 Å². The van der Waals surface area contributed by atoms with Crippen molar-refractivity contribution in [3.05, 3.63) is 29.7 Å². The number of amides is 1. The first-order valence-electron chi connectivity index (χ1n) is 7.59. The fourth-order valence-electron chi connectivity index (χ4n) is 3.56. The zero-order chi connectivity index (χ0) is 14.4. The molecule has 1 atom stereocenters. The molecule has 21 heavy (non-hydrogen) atoms. The molecule has 1 N–H and O–H groups in total. The molecule has 110 valence electrons. The summed E-state index contributed by atoms with van der Waals surface area (Å²) in [5, 5.41) is 3.20. The van der Waals surface area contributed by atoms with E-state index in [0.717, 1.165) is 12.1 Å². The van der Waals surface area contributed by atoms with Gasteiger partial charge in [-0.1, -0.05) is 0 Å². The van der Waals surface area contributed by atoms with Crippen molar-refractivity contribution in [1.29, 1.82) is 0 Å². The molecule has 1 aromatic heterocycles. The lowest BCUT2D eigenvalue weighted by Crippen LogP contribution is -2.57. The summed E-state index contributed by atoms with van der Waals surface area (Å²) in [6.07, 6.45) is 2.40. The van der Waals surface area contributed by atoms with Crippen LogP contribution in [0.25, 0.3) is 11.1 Å². The summed E-state index contributed by atoms with van der Waals surface area (Å²) < 4.78 is 5.50. The van der Waals surface area contributed by atoms with Crippen LogP contribution >= 0.6 is 0 Å². The molecule has 5 nitrogen and oxygen atoms in total. The minimum atomic E-state index is -0.00953. The number of rotatable bonds is 2. The second kappa shape index (κ2) is 4.84. The first-order chi connectivity index (χ1) is 10.2. The highest BCUT2D eigenvalue weighted by atomic mass is 16.3. The highest BCUT2D eigenvalue weighted by Gasteiger charge is 2.34. The number of hydrogen-bond donors (Lipinski definition) is 1. The second-order valence-corrected chi connectivity index (χ2v) is 6.13. The fraction of sp³-hybridized carbons (Fsp3) is 0.500. The molecule has 5 rings (SSSR count). The first-order valence-corrected chi connectivity index (χ1v) is 7.59. The van der Waals surface area contributed by atoms with Crippen molar-refractivity contribution < 1.29 is 9.21 Å². The van der Waals surface area contributed by atoms with Gasteiger partial charge in [-0.2, -0.15) is 0 Å². The molecule has 0 radical (unpaired) electrons. The van der Waals surface area contributed by atoms with E-state index in [4.69, 9.17) is 4.42 Å². The Kier molecular flexibility index (Phi) is 2.96. The number of aromatic nitrogens is 1. The third-order valence-corrected chi connectivity index (χ3v) is 4.73. The van der Waals surface area contributed by atoms with Crippen LogP contribution in [0, 0.1) is 12.8 Å². The lowest BCUT2D eigenvalue weighted by molar-refractivity contribution is 0.0620. The smallest absolute Gasteiger partial charge is 0.251 e. The van der Waals surface area contributed by atoms with E-state index in [-0.39, 0.29) is 11.9 Å². The number of oxazole rings is 1. The molecule has 4 heterocycles. The van der Waals surface area contributed by atoms with Gasteiger partial charge in [0, 0.05) is 25.1 Å². The summed E-state index contributed by atoms with van der Waals surface area (Å²) in [6, 6.07) is 5.73. The van der Waals surface area contributed by atoms with Gasteiger partial charge in [-0.15, -0.1) is 0 Å². The third kappa shape index (κ3) is 2.31. The van der Waals surface area contributed by atoms with Crippen LogP contribution < -0.4 is 5.32 Å². The van der Waals surface area contributed by atoms with Gasteiger partial charge < -0.3 is 14.6 Å². The largest absolute Gasteiger partial charge is 0.441 e. The van der Waals surface area contributed by atoms with E-state index >= 15 is 0 Å². The Morgan fingerprint density at radius 3 is 2.90 bits per heavy atom. The highest BCUT2D eigenvalue weighted by molar-refractivity contribution is 5.97. The summed E-state index contributed by atoms with van der Waals surface area (Å²) in [6.45, 7) is 5.16. The molecule has 1 amide bonds. The molecule has 1 aromatic carbocycles. The van der Waals surface area contributed by atoms with E-state index in [0.29, 0.717) is 23.0 Å². The monoisotopic (exact) mass is 285 g/mol. The molecule has 3 saturated heterocycles. The van der Waals surface area contributed by atoms with Crippen molar-refractivity contribution in [2.45, 2.75) is 25.8 Å². The number of fused-ring (bicyclic) bond motifs is 4. The molecule has 3 aliphatic rings. The summed E-state index contributed by atoms with van der Waals surface area (Å²) >= 11 is 0. The van der Waals surface area contributed by atoms with Gasteiger partial charge in [0.05, 0.1) is 0 Å². The molecule has 5 heteroatoms. The Hall–Kier alpha value is -1.88. The minimum Gasteiger partial charge on any atom is -0.441 e. The van der Waals surface area contributed by atoms with E-state index in [1.807, 2.05) is 19.1 Å². The molecule has 1 unspecified atom stereocenters. The average Bonchev–Trinajstić information content (AvgIpc) is 2.87. The van der Waals surface area contributed by atoms with Crippen LogP contribution in [0.1, 0.15) is 29.1 Å². The maximum atomic E-state index is 12.4. The molecule has 3 aliphatic heterocycles. The van der Waals surface area contributed by atoms with Crippen LogP contribution in [-0.4, -0.2) is 41.5 Å². The van der Waals surface area contributed by atoms with Crippen molar-refractivity contribution in [3.63, 3.8) is 0 Å². The van der Waals surface area contributed by atoms with Gasteiger partial charge in [0.25, 0.3) is 5.91 Å². The summed E-state index contributed by atoms with van der Waals surface area (Å²) in [7, 11) is 0. The standard InChI is InChI=1S/C16H19N3O2/c1-10-17-13-3-2-12(8-15(13)21-10)16(20)18-14-9-19-6-4-11(14)5-7-19/h2-3,8,11,14H,4-7,9H2,1H3,(H,18,20). The van der Waals surface area contributed by atoms with E-state index in [2.05, 4.69) is 15.2 Å². The zero-order valence-electron chi connectivity index (χ0n) is 12.1. The van der Waals surface area contributed by atoms with Crippen molar-refractivity contribution in [1.82, 2.24) is 15.2 Å². The van der Waals surface area contributed by atoms with Crippen LogP contribution in [0.4, 0.5) is 0 Å². The predicted molar refractivity (Wildman–Crippen MR) is 79.2 cm³/mol. The molecule has 0 saturated carbocycles. The van der Waals surface area contributed by atoms with Crippen molar-refractivity contribution in [2.75, 3.05) is 19.6 Å². The highest BCUT2D eigenvalue weighted by Crippen LogP contribution is 2.27. The average molecular weight is 285 g/mol. The van der Waals surface area contributed by atoms with E-state index in [1.54, 1.807) is 6.07 Å². The Morgan fingerprint density at radius 1 is 1.38 bits per heavy atom. The lowest BCUT2D eigenvalue weighted by atomic mass is 9.84. The van der Waals surface area contributed by atoms with E-state index in [1.165, 1.54) is 25.9 Å². The number of piperidine rings is 3. The number of nitrogens with one attached hydrogen (secondary N) is 1. The number of benzene rings is 1. The maximum absolute atomic E-state index is 12.4. The molecule has 2 aromatic rings. The number of nitrogens with zero attached hydrogens (tertiary/aromatic N) is 2. The van der Waals surface area contributed by atoms with E-state index < -0.39 is 0 Å². The molecule has 3 fully saturated rings. The molecule has 0 aliphatic carbocycles. The number of aryl methyl sites for hydroxylation is 1. The predicted octanol–water partition coefficient (Wildman–Crippen LogP) is 1.96. The SMILES string of the molecule is Cc1nc2ccc(C(=O)NC3CN4CCC3CC4)cc2o1. The normalized spacial score (nSPS) is 28.0. The van der Waals surface area contributed by atoms with Gasteiger partial charge in [0.15, 0.2) is 11.5 Å². The number of carbonyl (C=O) groups excluding carboxylic acids is 1. The summed E-state index contributed by atoms with van der Waals surface area (Å²) in [5.74, 6) is 1.25. The Bertz CT molecular complexity index is 686. The molecular formula is C16H19N3O2. The van der Waals surface area contributed by atoms with Crippen LogP contribution in [0.15, 0.2) is 22.6 Å². The van der Waals surface area contributed by atoms with Crippen molar-refractivity contribution >= 4 is 17.0 Å². The van der Waals surface area contributed by atoms with Gasteiger partial charge in [0.2, 0.25) is 0 Å². The topological polar surface area (TPSA) is 58.4 Å². The molecular weight excluding hydrogens is 266 g/mol. The van der Waals surface area contributed by atoms with Crippen LogP contribution in [-0.2, 0) is 0 Å². The maximum Gasteiger partial charge on any atom is 0.251 e.